The molecule has 1 aromatic carbocycles. The van der Waals surface area contributed by atoms with Gasteiger partial charge >= 0.3 is 5.69 Å². The van der Waals surface area contributed by atoms with Crippen LogP contribution in [0.5, 0.6) is 0 Å². The molecule has 3 aromatic rings. The summed E-state index contributed by atoms with van der Waals surface area (Å²) >= 11 is 0. The van der Waals surface area contributed by atoms with Crippen LogP contribution in [0.25, 0.3) is 11.0 Å². The topological polar surface area (TPSA) is 146 Å². The van der Waals surface area contributed by atoms with E-state index < -0.39 is 27.2 Å². The Bertz CT molecular complexity index is 1340. The van der Waals surface area contributed by atoms with Crippen molar-refractivity contribution < 1.29 is 13.2 Å². The largest absolute Gasteiger partial charge is 0.383 e. The van der Waals surface area contributed by atoms with Crippen LogP contribution in [0.1, 0.15) is 15.9 Å². The number of aromatic nitrogens is 3. The number of hydrogen-bond acceptors (Lipinski definition) is 7. The van der Waals surface area contributed by atoms with Crippen LogP contribution in [0.2, 0.25) is 0 Å². The standard InChI is InChI=1S/C17H17N5O5S/c1-9-11(15(23)20-28(26,27)10-7-5-4-6-8-10)13(18)19-14-12(9)16(24)22(3)17(25)21(14)2/h4-8H,1-3H3,(H2,18,19)(H,20,23). The summed E-state index contributed by atoms with van der Waals surface area (Å²) in [4.78, 5) is 41.2. The number of nitrogens with one attached hydrogen (secondary N) is 1. The number of carbonyl (C=O) groups is 1. The third kappa shape index (κ3) is 2.95. The van der Waals surface area contributed by atoms with Crippen molar-refractivity contribution in [2.75, 3.05) is 5.73 Å². The fourth-order valence-electron chi connectivity index (χ4n) is 2.90. The van der Waals surface area contributed by atoms with Gasteiger partial charge in [-0.2, -0.15) is 0 Å². The second-order valence-electron chi connectivity index (χ2n) is 6.15. The number of nitrogen functional groups attached to an aromatic ring is 1. The number of hydrogen-bond donors (Lipinski definition) is 2. The van der Waals surface area contributed by atoms with Crippen molar-refractivity contribution >= 4 is 32.8 Å². The van der Waals surface area contributed by atoms with Crippen LogP contribution in [0, 0.1) is 6.92 Å². The number of sulfonamides is 1. The van der Waals surface area contributed by atoms with Gasteiger partial charge in [0, 0.05) is 14.1 Å². The fourth-order valence-corrected chi connectivity index (χ4v) is 3.88. The molecule has 0 fully saturated rings. The summed E-state index contributed by atoms with van der Waals surface area (Å²) in [5, 5.41) is 0.000981. The molecule has 0 saturated carbocycles. The Morgan fingerprint density at radius 3 is 2.32 bits per heavy atom. The summed E-state index contributed by atoms with van der Waals surface area (Å²) in [7, 11) is -1.45. The first-order valence-corrected chi connectivity index (χ1v) is 9.52. The first-order valence-electron chi connectivity index (χ1n) is 8.04. The monoisotopic (exact) mass is 403 g/mol. The van der Waals surface area contributed by atoms with Crippen molar-refractivity contribution in [2.45, 2.75) is 11.8 Å². The third-order valence-corrected chi connectivity index (χ3v) is 5.72. The van der Waals surface area contributed by atoms with Crippen molar-refractivity contribution in [3.05, 3.63) is 62.3 Å². The maximum Gasteiger partial charge on any atom is 0.332 e. The first kappa shape index (κ1) is 19.3. The number of benzene rings is 1. The maximum absolute atomic E-state index is 12.7. The van der Waals surface area contributed by atoms with Crippen molar-refractivity contribution in [3.63, 3.8) is 0 Å². The molecule has 28 heavy (non-hydrogen) atoms. The highest BCUT2D eigenvalue weighted by molar-refractivity contribution is 7.90. The first-order chi connectivity index (χ1) is 13.1. The van der Waals surface area contributed by atoms with Gasteiger partial charge in [-0.3, -0.25) is 18.7 Å². The lowest BCUT2D eigenvalue weighted by molar-refractivity contribution is 0.0981. The quantitative estimate of drug-likeness (QED) is 0.607. The normalized spacial score (nSPS) is 11.5. The average molecular weight is 403 g/mol. The molecule has 0 aliphatic heterocycles. The molecule has 0 saturated heterocycles. The van der Waals surface area contributed by atoms with Crippen LogP contribution < -0.4 is 21.7 Å². The Balaban J connectivity index is 2.20. The van der Waals surface area contributed by atoms with Crippen LogP contribution in [0.3, 0.4) is 0 Å². The lowest BCUT2D eigenvalue weighted by atomic mass is 10.1. The van der Waals surface area contributed by atoms with Gasteiger partial charge in [-0.05, 0) is 24.6 Å². The lowest BCUT2D eigenvalue weighted by Gasteiger charge is -2.14. The Morgan fingerprint density at radius 1 is 1.11 bits per heavy atom. The van der Waals surface area contributed by atoms with Crippen LogP contribution in [-0.2, 0) is 24.1 Å². The smallest absolute Gasteiger partial charge is 0.332 e. The summed E-state index contributed by atoms with van der Waals surface area (Å²) in [6.45, 7) is 1.44. The van der Waals surface area contributed by atoms with Gasteiger partial charge in [0.2, 0.25) is 0 Å². The molecular weight excluding hydrogens is 386 g/mol. The Kier molecular flexibility index (Phi) is 4.55. The zero-order valence-corrected chi connectivity index (χ0v) is 16.1. The van der Waals surface area contributed by atoms with Gasteiger partial charge in [0.05, 0.1) is 15.8 Å². The number of rotatable bonds is 3. The minimum absolute atomic E-state index is 0.000981. The molecule has 10 nitrogen and oxygen atoms in total. The van der Waals surface area contributed by atoms with Gasteiger partial charge in [-0.15, -0.1) is 0 Å². The molecule has 0 bridgehead atoms. The molecule has 0 atom stereocenters. The zero-order chi connectivity index (χ0) is 20.8. The maximum atomic E-state index is 12.7. The van der Waals surface area contributed by atoms with Crippen molar-refractivity contribution in [3.8, 4) is 0 Å². The third-order valence-electron chi connectivity index (χ3n) is 4.37. The minimum Gasteiger partial charge on any atom is -0.383 e. The van der Waals surface area contributed by atoms with Gasteiger partial charge < -0.3 is 5.73 Å². The number of fused-ring (bicyclic) bond motifs is 1. The molecule has 11 heteroatoms. The Labute approximate surface area is 159 Å². The molecule has 0 unspecified atom stereocenters. The van der Waals surface area contributed by atoms with Crippen molar-refractivity contribution in [2.24, 2.45) is 14.1 Å². The molecule has 2 aromatic heterocycles. The van der Waals surface area contributed by atoms with E-state index >= 15 is 0 Å². The van der Waals surface area contributed by atoms with Crippen LogP contribution >= 0.6 is 0 Å². The SMILES string of the molecule is Cc1c(C(=O)NS(=O)(=O)c2ccccc2)c(N)nc2c1c(=O)n(C)c(=O)n2C. The second kappa shape index (κ2) is 6.60. The summed E-state index contributed by atoms with van der Waals surface area (Å²) < 4.78 is 28.8. The fraction of sp³-hybridized carbons (Fsp3) is 0.176. The molecule has 3 N–H and O–H groups in total. The molecule has 1 amide bonds. The molecule has 0 aliphatic rings. The number of pyridine rings is 1. The highest BCUT2D eigenvalue weighted by Gasteiger charge is 2.25. The van der Waals surface area contributed by atoms with Gasteiger partial charge in [-0.25, -0.2) is 22.9 Å². The molecule has 3 rings (SSSR count). The van der Waals surface area contributed by atoms with E-state index in [0.717, 1.165) is 9.13 Å². The van der Waals surface area contributed by atoms with Gasteiger partial charge in [0.15, 0.2) is 5.65 Å². The summed E-state index contributed by atoms with van der Waals surface area (Å²) in [6.07, 6.45) is 0. The summed E-state index contributed by atoms with van der Waals surface area (Å²) in [6, 6.07) is 7.32. The second-order valence-corrected chi connectivity index (χ2v) is 7.83. The molecule has 0 spiro atoms. The number of aryl methyl sites for hydroxylation is 2. The highest BCUT2D eigenvalue weighted by Crippen LogP contribution is 2.22. The Morgan fingerprint density at radius 2 is 1.71 bits per heavy atom. The van der Waals surface area contributed by atoms with E-state index in [1.165, 1.54) is 45.3 Å². The average Bonchev–Trinajstić information content (AvgIpc) is 2.64. The van der Waals surface area contributed by atoms with Crippen molar-refractivity contribution in [1.29, 1.82) is 0 Å². The van der Waals surface area contributed by atoms with E-state index in [9.17, 15) is 22.8 Å². The predicted molar refractivity (Wildman–Crippen MR) is 102 cm³/mol. The van der Waals surface area contributed by atoms with E-state index in [4.69, 9.17) is 5.73 Å². The van der Waals surface area contributed by atoms with Gasteiger partial charge in [-0.1, -0.05) is 18.2 Å². The molecular formula is C17H17N5O5S. The van der Waals surface area contributed by atoms with E-state index in [1.807, 2.05) is 4.72 Å². The van der Waals surface area contributed by atoms with Crippen LogP contribution in [0.4, 0.5) is 5.82 Å². The van der Waals surface area contributed by atoms with E-state index in [-0.39, 0.29) is 32.9 Å². The van der Waals surface area contributed by atoms with Crippen molar-refractivity contribution in [1.82, 2.24) is 18.8 Å². The number of amides is 1. The van der Waals surface area contributed by atoms with Gasteiger partial charge in [0.1, 0.15) is 5.82 Å². The molecule has 146 valence electrons. The Hall–Kier alpha value is -3.47. The van der Waals surface area contributed by atoms with Gasteiger partial charge in [0.25, 0.3) is 21.5 Å². The van der Waals surface area contributed by atoms with E-state index in [2.05, 4.69) is 4.98 Å². The molecule has 0 radical (unpaired) electrons. The number of anilines is 1. The number of carbonyl (C=O) groups excluding carboxylic acids is 1. The molecule has 0 aliphatic carbocycles. The number of nitrogens with two attached hydrogens (primary N) is 1. The van der Waals surface area contributed by atoms with Crippen LogP contribution in [0.15, 0.2) is 44.8 Å². The lowest BCUT2D eigenvalue weighted by Crippen LogP contribution is -2.38. The minimum atomic E-state index is -4.15. The zero-order valence-electron chi connectivity index (χ0n) is 15.3. The molecule has 2 heterocycles. The summed E-state index contributed by atoms with van der Waals surface area (Å²) in [5.41, 5.74) is 4.48. The van der Waals surface area contributed by atoms with E-state index in [1.54, 1.807) is 6.07 Å². The summed E-state index contributed by atoms with van der Waals surface area (Å²) in [5.74, 6) is -1.32. The van der Waals surface area contributed by atoms with E-state index in [0.29, 0.717) is 0 Å². The number of nitrogens with zero attached hydrogens (tertiary/aromatic N) is 3. The van der Waals surface area contributed by atoms with Crippen LogP contribution in [-0.4, -0.2) is 28.4 Å². The predicted octanol–water partition coefficient (Wildman–Crippen LogP) is -0.358. The highest BCUT2D eigenvalue weighted by atomic mass is 32.2.